The van der Waals surface area contributed by atoms with E-state index in [1.165, 1.54) is 49.6 Å². The highest BCUT2D eigenvalue weighted by Gasteiger charge is 2.20. The summed E-state index contributed by atoms with van der Waals surface area (Å²) < 4.78 is 6.53. The maximum atomic E-state index is 6.53. The third-order valence-corrected chi connectivity index (χ3v) is 6.26. The summed E-state index contributed by atoms with van der Waals surface area (Å²) in [5, 5.41) is 3.76. The fraction of sp³-hybridized carbons (Fsp3) is 0.185. The molecule has 2 aromatic heterocycles. The molecule has 0 fully saturated rings. The molecule has 1 N–H and O–H groups in total. The molecule has 2 heterocycles. The Kier molecular flexibility index (Phi) is 3.67. The molecular formula is C27H23NO. The molecule has 0 saturated carbocycles. The van der Waals surface area contributed by atoms with Crippen molar-refractivity contribution in [3.63, 3.8) is 0 Å². The maximum Gasteiger partial charge on any atom is 0.142 e. The lowest BCUT2D eigenvalue weighted by molar-refractivity contribution is 0.659. The van der Waals surface area contributed by atoms with Gasteiger partial charge < -0.3 is 9.40 Å². The zero-order valence-corrected chi connectivity index (χ0v) is 16.6. The number of allylic oxidation sites excluding steroid dienone is 1. The van der Waals surface area contributed by atoms with Crippen molar-refractivity contribution in [1.29, 1.82) is 0 Å². The molecule has 0 atom stereocenters. The highest BCUT2D eigenvalue weighted by atomic mass is 16.3. The average Bonchev–Trinajstić information content (AvgIpc) is 3.32. The van der Waals surface area contributed by atoms with E-state index in [0.29, 0.717) is 0 Å². The van der Waals surface area contributed by atoms with Crippen LogP contribution >= 0.6 is 0 Å². The molecule has 1 aliphatic rings. The van der Waals surface area contributed by atoms with Crippen molar-refractivity contribution in [2.45, 2.75) is 32.6 Å². The van der Waals surface area contributed by atoms with Crippen molar-refractivity contribution in [1.82, 2.24) is 4.98 Å². The number of aromatic nitrogens is 1. The van der Waals surface area contributed by atoms with Crippen LogP contribution in [-0.2, 0) is 12.8 Å². The first-order chi connectivity index (χ1) is 14.3. The standard InChI is InChI=1S/C27H23NO/c1-2-7-17-8-5-11-21-22-12-6-10-19(27(22)29-26(17)21)18-14-15-25-23(16-18)20-9-3-4-13-24(20)28-25/h3-6,8-13,16,28H,2,7,14-15H2,1H3. The van der Waals surface area contributed by atoms with Crippen LogP contribution in [0.3, 0.4) is 0 Å². The normalized spacial score (nSPS) is 13.9. The Balaban J connectivity index is 1.58. The van der Waals surface area contributed by atoms with Gasteiger partial charge in [-0.1, -0.05) is 67.9 Å². The number of rotatable bonds is 3. The second-order valence-corrected chi connectivity index (χ2v) is 8.06. The van der Waals surface area contributed by atoms with Crippen LogP contribution in [0, 0.1) is 0 Å². The Morgan fingerprint density at radius 2 is 1.62 bits per heavy atom. The smallest absolute Gasteiger partial charge is 0.142 e. The van der Waals surface area contributed by atoms with Gasteiger partial charge in [-0.3, -0.25) is 0 Å². The average molecular weight is 377 g/mol. The van der Waals surface area contributed by atoms with Crippen molar-refractivity contribution in [3.05, 3.63) is 83.0 Å². The Labute approximate surface area is 169 Å². The van der Waals surface area contributed by atoms with Gasteiger partial charge in [0.15, 0.2) is 0 Å². The Morgan fingerprint density at radius 1 is 0.828 bits per heavy atom. The first-order valence-electron chi connectivity index (χ1n) is 10.6. The van der Waals surface area contributed by atoms with Crippen LogP contribution in [0.2, 0.25) is 0 Å². The molecule has 142 valence electrons. The van der Waals surface area contributed by atoms with Gasteiger partial charge in [-0.2, -0.15) is 0 Å². The number of hydrogen-bond donors (Lipinski definition) is 1. The van der Waals surface area contributed by atoms with E-state index in [-0.39, 0.29) is 0 Å². The summed E-state index contributed by atoms with van der Waals surface area (Å²) in [5.41, 5.74) is 9.89. The number of nitrogens with one attached hydrogen (secondary N) is 1. The molecular weight excluding hydrogens is 354 g/mol. The van der Waals surface area contributed by atoms with Gasteiger partial charge in [-0.05, 0) is 42.5 Å². The number of hydrogen-bond acceptors (Lipinski definition) is 1. The summed E-state index contributed by atoms with van der Waals surface area (Å²) in [7, 11) is 0. The molecule has 0 saturated heterocycles. The Bertz CT molecular complexity index is 1410. The first-order valence-corrected chi connectivity index (χ1v) is 10.6. The Hall–Kier alpha value is -3.26. The molecule has 2 nitrogen and oxygen atoms in total. The molecule has 6 rings (SSSR count). The van der Waals surface area contributed by atoms with Gasteiger partial charge in [0.2, 0.25) is 0 Å². The maximum absolute atomic E-state index is 6.53. The third-order valence-electron chi connectivity index (χ3n) is 6.26. The van der Waals surface area contributed by atoms with Crippen LogP contribution in [0.4, 0.5) is 0 Å². The molecule has 0 spiro atoms. The number of para-hydroxylation sites is 3. The molecule has 1 aliphatic carbocycles. The highest BCUT2D eigenvalue weighted by Crippen LogP contribution is 2.40. The van der Waals surface area contributed by atoms with Crippen LogP contribution in [0.15, 0.2) is 65.1 Å². The predicted molar refractivity (Wildman–Crippen MR) is 122 cm³/mol. The third kappa shape index (κ3) is 2.49. The van der Waals surface area contributed by atoms with Gasteiger partial charge in [0.05, 0.1) is 0 Å². The number of furan rings is 1. The number of fused-ring (bicyclic) bond motifs is 6. The fourth-order valence-electron chi connectivity index (χ4n) is 4.90. The zero-order chi connectivity index (χ0) is 19.4. The van der Waals surface area contributed by atoms with E-state index >= 15 is 0 Å². The lowest BCUT2D eigenvalue weighted by Crippen LogP contribution is -1.98. The van der Waals surface area contributed by atoms with E-state index in [1.807, 2.05) is 0 Å². The molecule has 0 bridgehead atoms. The molecule has 0 unspecified atom stereocenters. The number of aryl methyl sites for hydroxylation is 2. The van der Waals surface area contributed by atoms with Crippen molar-refractivity contribution in [2.75, 3.05) is 0 Å². The van der Waals surface area contributed by atoms with Gasteiger partial charge in [-0.25, -0.2) is 0 Å². The summed E-state index contributed by atoms with van der Waals surface area (Å²) in [4.78, 5) is 3.60. The van der Waals surface area contributed by atoms with E-state index in [9.17, 15) is 0 Å². The number of aromatic amines is 1. The highest BCUT2D eigenvalue weighted by molar-refractivity contribution is 6.10. The van der Waals surface area contributed by atoms with Crippen LogP contribution in [-0.4, -0.2) is 4.98 Å². The van der Waals surface area contributed by atoms with Crippen LogP contribution in [0.1, 0.15) is 42.1 Å². The minimum Gasteiger partial charge on any atom is -0.455 e. The molecule has 3 aromatic carbocycles. The van der Waals surface area contributed by atoms with E-state index < -0.39 is 0 Å². The largest absolute Gasteiger partial charge is 0.455 e. The second-order valence-electron chi connectivity index (χ2n) is 8.06. The summed E-state index contributed by atoms with van der Waals surface area (Å²) >= 11 is 0. The molecule has 0 aliphatic heterocycles. The minimum atomic E-state index is 1.03. The summed E-state index contributed by atoms with van der Waals surface area (Å²) in [6.45, 7) is 2.22. The van der Waals surface area contributed by atoms with Crippen LogP contribution < -0.4 is 0 Å². The van der Waals surface area contributed by atoms with Gasteiger partial charge >= 0.3 is 0 Å². The van der Waals surface area contributed by atoms with Gasteiger partial charge in [0, 0.05) is 38.5 Å². The predicted octanol–water partition coefficient (Wildman–Crippen LogP) is 7.51. The Morgan fingerprint density at radius 3 is 2.52 bits per heavy atom. The zero-order valence-electron chi connectivity index (χ0n) is 16.6. The van der Waals surface area contributed by atoms with Crippen molar-refractivity contribution in [2.24, 2.45) is 0 Å². The molecule has 0 radical (unpaired) electrons. The molecule has 0 amide bonds. The fourth-order valence-corrected chi connectivity index (χ4v) is 4.90. The summed E-state index contributed by atoms with van der Waals surface area (Å²) in [6.07, 6.45) is 6.60. The van der Waals surface area contributed by atoms with Crippen molar-refractivity contribution < 1.29 is 4.42 Å². The van der Waals surface area contributed by atoms with Crippen LogP contribution in [0.5, 0.6) is 0 Å². The summed E-state index contributed by atoms with van der Waals surface area (Å²) in [5.74, 6) is 0. The topological polar surface area (TPSA) is 28.9 Å². The number of benzene rings is 3. The molecule has 5 aromatic rings. The monoisotopic (exact) mass is 377 g/mol. The lowest BCUT2D eigenvalue weighted by Gasteiger charge is -2.14. The summed E-state index contributed by atoms with van der Waals surface area (Å²) in [6, 6.07) is 21.7. The lowest BCUT2D eigenvalue weighted by atomic mass is 9.90. The van der Waals surface area contributed by atoms with E-state index in [0.717, 1.165) is 36.8 Å². The molecule has 29 heavy (non-hydrogen) atoms. The van der Waals surface area contributed by atoms with Gasteiger partial charge in [-0.15, -0.1) is 0 Å². The first kappa shape index (κ1) is 16.7. The van der Waals surface area contributed by atoms with E-state index in [2.05, 4.69) is 78.6 Å². The SMILES string of the molecule is CCCc1cccc2c1oc1c(C3=Cc4c([nH]c5ccccc45)CC3)cccc12. The van der Waals surface area contributed by atoms with Crippen LogP contribution in [0.25, 0.3) is 44.5 Å². The van der Waals surface area contributed by atoms with E-state index in [1.54, 1.807) is 0 Å². The second kappa shape index (κ2) is 6.38. The molecule has 2 heteroatoms. The van der Waals surface area contributed by atoms with Crippen molar-refractivity contribution >= 4 is 44.5 Å². The van der Waals surface area contributed by atoms with Gasteiger partial charge in [0.1, 0.15) is 11.2 Å². The minimum absolute atomic E-state index is 1.03. The van der Waals surface area contributed by atoms with Gasteiger partial charge in [0.25, 0.3) is 0 Å². The van der Waals surface area contributed by atoms with E-state index in [4.69, 9.17) is 4.42 Å². The quantitative estimate of drug-likeness (QED) is 0.346. The van der Waals surface area contributed by atoms with Crippen molar-refractivity contribution in [3.8, 4) is 0 Å². The number of H-pyrrole nitrogens is 1.